The van der Waals surface area contributed by atoms with E-state index in [2.05, 4.69) is 0 Å². The summed E-state index contributed by atoms with van der Waals surface area (Å²) in [7, 11) is 0. The van der Waals surface area contributed by atoms with Crippen LogP contribution in [0.1, 0.15) is 32.1 Å². The molecule has 6 heteroatoms. The minimum Gasteiger partial charge on any atom is -0.478 e. The molecule has 0 unspecified atom stereocenters. The van der Waals surface area contributed by atoms with E-state index in [0.29, 0.717) is 13.1 Å². The van der Waals surface area contributed by atoms with E-state index in [0.717, 1.165) is 36.7 Å². The Bertz CT molecular complexity index is 376. The zero-order valence-corrected chi connectivity index (χ0v) is 10.2. The van der Waals surface area contributed by atoms with E-state index in [1.807, 2.05) is 0 Å². The second-order valence-corrected chi connectivity index (χ2v) is 4.24. The first-order chi connectivity index (χ1) is 8.56. The van der Waals surface area contributed by atoms with Crippen molar-refractivity contribution in [1.82, 2.24) is 4.90 Å². The lowest BCUT2D eigenvalue weighted by molar-refractivity contribution is -0.145. The molecule has 18 heavy (non-hydrogen) atoms. The zero-order chi connectivity index (χ0) is 13.5. The van der Waals surface area contributed by atoms with Crippen LogP contribution < -0.4 is 5.73 Å². The fraction of sp³-hybridized carbons (Fsp3) is 0.583. The summed E-state index contributed by atoms with van der Waals surface area (Å²) in [6, 6.07) is 0. The lowest BCUT2D eigenvalue weighted by atomic mass is 10.1. The number of carboxylic acid groups (broad SMARTS) is 1. The third-order valence-corrected chi connectivity index (χ3v) is 2.82. The summed E-state index contributed by atoms with van der Waals surface area (Å²) in [5, 5.41) is 8.73. The number of rotatable bonds is 7. The molecule has 0 aromatic rings. The molecule has 3 N–H and O–H groups in total. The summed E-state index contributed by atoms with van der Waals surface area (Å²) in [5.41, 5.74) is 5.22. The minimum absolute atomic E-state index is 0.135. The van der Waals surface area contributed by atoms with Crippen LogP contribution in [0.25, 0.3) is 0 Å². The highest BCUT2D eigenvalue weighted by molar-refractivity contribution is 6.11. The molecule has 0 radical (unpaired) electrons. The first kappa shape index (κ1) is 14.4. The molecule has 0 atom stereocenters. The van der Waals surface area contributed by atoms with Crippen LogP contribution in [-0.4, -0.2) is 40.9 Å². The number of nitrogens with two attached hydrogens (primary N) is 1. The van der Waals surface area contributed by atoms with E-state index in [-0.39, 0.29) is 12.0 Å². The van der Waals surface area contributed by atoms with Gasteiger partial charge < -0.3 is 10.8 Å². The Morgan fingerprint density at radius 3 is 2.50 bits per heavy atom. The maximum absolute atomic E-state index is 11.6. The molecular formula is C12H18N2O4. The second-order valence-electron chi connectivity index (χ2n) is 4.24. The average Bonchev–Trinajstić information content (AvgIpc) is 2.31. The van der Waals surface area contributed by atoms with Gasteiger partial charge in [0.1, 0.15) is 0 Å². The number of nitrogens with zero attached hydrogens (tertiary/aromatic N) is 1. The van der Waals surface area contributed by atoms with E-state index in [9.17, 15) is 14.4 Å². The number of aliphatic carboxylic acids is 1. The van der Waals surface area contributed by atoms with E-state index < -0.39 is 17.8 Å². The van der Waals surface area contributed by atoms with Gasteiger partial charge >= 0.3 is 5.97 Å². The van der Waals surface area contributed by atoms with E-state index in [4.69, 9.17) is 10.8 Å². The molecular weight excluding hydrogens is 236 g/mol. The average molecular weight is 254 g/mol. The molecule has 0 fully saturated rings. The Morgan fingerprint density at radius 1 is 1.28 bits per heavy atom. The number of hydrogen-bond acceptors (Lipinski definition) is 4. The number of amides is 2. The fourth-order valence-electron chi connectivity index (χ4n) is 1.80. The van der Waals surface area contributed by atoms with Crippen LogP contribution in [0.3, 0.4) is 0 Å². The third-order valence-electron chi connectivity index (χ3n) is 2.82. The Kier molecular flexibility index (Phi) is 5.51. The summed E-state index contributed by atoms with van der Waals surface area (Å²) < 4.78 is 0. The van der Waals surface area contributed by atoms with Crippen LogP contribution in [0.5, 0.6) is 0 Å². The Balaban J connectivity index is 2.45. The summed E-state index contributed by atoms with van der Waals surface area (Å²) in [4.78, 5) is 35.0. The van der Waals surface area contributed by atoms with Gasteiger partial charge in [-0.1, -0.05) is 12.8 Å². The molecule has 0 bridgehead atoms. The Morgan fingerprint density at radius 2 is 1.94 bits per heavy atom. The maximum Gasteiger partial charge on any atom is 0.332 e. The van der Waals surface area contributed by atoms with Crippen LogP contribution >= 0.6 is 0 Å². The van der Waals surface area contributed by atoms with Gasteiger partial charge in [-0.2, -0.15) is 0 Å². The van der Waals surface area contributed by atoms with Crippen molar-refractivity contribution >= 4 is 17.8 Å². The molecule has 1 aliphatic heterocycles. The van der Waals surface area contributed by atoms with Gasteiger partial charge in [0.05, 0.1) is 12.0 Å². The smallest absolute Gasteiger partial charge is 0.332 e. The van der Waals surface area contributed by atoms with Gasteiger partial charge in [-0.15, -0.1) is 0 Å². The molecule has 1 heterocycles. The molecule has 1 aliphatic rings. The van der Waals surface area contributed by atoms with Gasteiger partial charge in [-0.25, -0.2) is 4.79 Å². The van der Waals surface area contributed by atoms with Gasteiger partial charge in [0.2, 0.25) is 5.91 Å². The fourth-order valence-corrected chi connectivity index (χ4v) is 1.80. The summed E-state index contributed by atoms with van der Waals surface area (Å²) >= 11 is 0. The number of imide groups is 1. The quantitative estimate of drug-likeness (QED) is 0.502. The molecule has 0 aromatic heterocycles. The van der Waals surface area contributed by atoms with Crippen molar-refractivity contribution in [3.63, 3.8) is 0 Å². The van der Waals surface area contributed by atoms with Crippen molar-refractivity contribution in [3.8, 4) is 0 Å². The highest BCUT2D eigenvalue weighted by Gasteiger charge is 2.28. The zero-order valence-electron chi connectivity index (χ0n) is 10.2. The van der Waals surface area contributed by atoms with Crippen LogP contribution in [0.15, 0.2) is 11.6 Å². The largest absolute Gasteiger partial charge is 0.478 e. The monoisotopic (exact) mass is 254 g/mol. The van der Waals surface area contributed by atoms with Gasteiger partial charge in [0, 0.05) is 12.6 Å². The first-order valence-corrected chi connectivity index (χ1v) is 6.04. The highest BCUT2D eigenvalue weighted by atomic mass is 16.4. The lowest BCUT2D eigenvalue weighted by Crippen LogP contribution is -2.40. The number of carbonyl (C=O) groups excluding carboxylic acids is 2. The normalized spacial score (nSPS) is 15.8. The van der Waals surface area contributed by atoms with Crippen molar-refractivity contribution in [2.75, 3.05) is 13.1 Å². The lowest BCUT2D eigenvalue weighted by Gasteiger charge is -2.23. The van der Waals surface area contributed by atoms with Crippen molar-refractivity contribution in [1.29, 1.82) is 0 Å². The Hall–Kier alpha value is -1.69. The van der Waals surface area contributed by atoms with Gasteiger partial charge in [0.15, 0.2) is 0 Å². The number of carboxylic acids is 1. The van der Waals surface area contributed by atoms with Crippen molar-refractivity contribution < 1.29 is 19.5 Å². The van der Waals surface area contributed by atoms with E-state index in [1.54, 1.807) is 0 Å². The first-order valence-electron chi connectivity index (χ1n) is 6.04. The molecule has 100 valence electrons. The Labute approximate surface area is 105 Å². The van der Waals surface area contributed by atoms with Crippen molar-refractivity contribution in [2.45, 2.75) is 32.1 Å². The number of unbranched alkanes of at least 4 members (excludes halogenated alkanes) is 3. The molecule has 6 nitrogen and oxygen atoms in total. The highest BCUT2D eigenvalue weighted by Crippen LogP contribution is 2.14. The SMILES string of the molecule is NCCCCCCN1C(=O)C=C(C(=O)O)CC1=O. The molecule has 0 spiro atoms. The molecule has 0 aliphatic carbocycles. The molecule has 0 aromatic carbocycles. The van der Waals surface area contributed by atoms with Gasteiger partial charge in [-0.05, 0) is 19.4 Å². The summed E-state index contributed by atoms with van der Waals surface area (Å²) in [6.45, 7) is 0.998. The predicted octanol–water partition coefficient (Wildman–Crippen LogP) is 0.275. The standard InChI is InChI=1S/C12H18N2O4/c13-5-3-1-2-4-6-14-10(15)7-9(12(17)18)8-11(14)16/h7H,1-6,8,13H2,(H,17,18). The number of carbonyl (C=O) groups is 3. The van der Waals surface area contributed by atoms with E-state index >= 15 is 0 Å². The third kappa shape index (κ3) is 3.96. The van der Waals surface area contributed by atoms with Crippen LogP contribution in [0, 0.1) is 0 Å². The maximum atomic E-state index is 11.6. The summed E-state index contributed by atoms with van der Waals surface area (Å²) in [6.07, 6.45) is 4.37. The van der Waals surface area contributed by atoms with Gasteiger partial charge in [-0.3, -0.25) is 14.5 Å². The van der Waals surface area contributed by atoms with Crippen LogP contribution in [0.2, 0.25) is 0 Å². The molecule has 0 saturated heterocycles. The topological polar surface area (TPSA) is 101 Å². The van der Waals surface area contributed by atoms with Crippen molar-refractivity contribution in [2.24, 2.45) is 5.73 Å². The van der Waals surface area contributed by atoms with Crippen LogP contribution in [-0.2, 0) is 14.4 Å². The second kappa shape index (κ2) is 6.90. The molecule has 0 saturated carbocycles. The molecule has 1 rings (SSSR count). The van der Waals surface area contributed by atoms with E-state index in [1.165, 1.54) is 0 Å². The van der Waals surface area contributed by atoms with Gasteiger partial charge in [0.25, 0.3) is 5.91 Å². The number of hydrogen-bond donors (Lipinski definition) is 2. The predicted molar refractivity (Wildman–Crippen MR) is 64.6 cm³/mol. The summed E-state index contributed by atoms with van der Waals surface area (Å²) in [5.74, 6) is -2.17. The minimum atomic E-state index is -1.21. The molecule has 2 amide bonds. The van der Waals surface area contributed by atoms with Crippen LogP contribution in [0.4, 0.5) is 0 Å². The van der Waals surface area contributed by atoms with Crippen molar-refractivity contribution in [3.05, 3.63) is 11.6 Å².